The van der Waals surface area contributed by atoms with Crippen molar-refractivity contribution in [3.8, 4) is 0 Å². The molecule has 2 atom stereocenters. The fourth-order valence-electron chi connectivity index (χ4n) is 2.11. The second-order valence-electron chi connectivity index (χ2n) is 4.61. The molecule has 0 fully saturated rings. The second kappa shape index (κ2) is 4.02. The molecular formula is C9H17BN3P. The Labute approximate surface area is 88.0 Å². The average molecular weight is 209 g/mol. The molecule has 0 spiro atoms. The molecule has 0 radical (unpaired) electrons. The SMILES string of the molecule is BC1(CP)CCCc2[nH]nnc2CC1. The fraction of sp³-hybridized carbons (Fsp3) is 0.778. The molecule has 3 nitrogen and oxygen atoms in total. The number of rotatable bonds is 1. The first-order chi connectivity index (χ1) is 6.73. The first-order valence-electron chi connectivity index (χ1n) is 5.32. The lowest BCUT2D eigenvalue weighted by atomic mass is 9.63. The van der Waals surface area contributed by atoms with Crippen molar-refractivity contribution in [1.82, 2.24) is 15.4 Å². The van der Waals surface area contributed by atoms with E-state index in [1.165, 1.54) is 36.8 Å². The van der Waals surface area contributed by atoms with Crippen LogP contribution < -0.4 is 0 Å². The van der Waals surface area contributed by atoms with Crippen molar-refractivity contribution in [3.63, 3.8) is 0 Å². The average Bonchev–Trinajstić information content (AvgIpc) is 2.59. The zero-order valence-corrected chi connectivity index (χ0v) is 9.87. The van der Waals surface area contributed by atoms with Crippen LogP contribution in [0.4, 0.5) is 0 Å². The van der Waals surface area contributed by atoms with Gasteiger partial charge < -0.3 is 0 Å². The molecule has 1 N–H and O–H groups in total. The minimum absolute atomic E-state index is 0.487. The number of hydrogen-bond acceptors (Lipinski definition) is 2. The van der Waals surface area contributed by atoms with Gasteiger partial charge in [-0.2, -0.15) is 0 Å². The summed E-state index contributed by atoms with van der Waals surface area (Å²) >= 11 is 0. The zero-order chi connectivity index (χ0) is 10.0. The summed E-state index contributed by atoms with van der Waals surface area (Å²) in [6, 6.07) is 0. The summed E-state index contributed by atoms with van der Waals surface area (Å²) in [5, 5.41) is 11.5. The number of nitrogens with zero attached hydrogens (tertiary/aromatic N) is 2. The van der Waals surface area contributed by atoms with E-state index in [0.29, 0.717) is 5.31 Å². The number of nitrogens with one attached hydrogen (secondary N) is 1. The molecule has 1 heterocycles. The largest absolute Gasteiger partial charge is 0.262 e. The number of aryl methyl sites for hydroxylation is 2. The van der Waals surface area contributed by atoms with E-state index >= 15 is 0 Å². The van der Waals surface area contributed by atoms with Gasteiger partial charge in [-0.1, -0.05) is 16.9 Å². The molecule has 76 valence electrons. The zero-order valence-electron chi connectivity index (χ0n) is 8.71. The number of fused-ring (bicyclic) bond motifs is 1. The van der Waals surface area contributed by atoms with E-state index in [9.17, 15) is 0 Å². The topological polar surface area (TPSA) is 41.6 Å². The summed E-state index contributed by atoms with van der Waals surface area (Å²) < 4.78 is 0. The Kier molecular flexibility index (Phi) is 2.92. The van der Waals surface area contributed by atoms with Crippen molar-refractivity contribution < 1.29 is 0 Å². The van der Waals surface area contributed by atoms with E-state index in [4.69, 9.17) is 0 Å². The maximum atomic E-state index is 4.15. The highest BCUT2D eigenvalue weighted by molar-refractivity contribution is 7.16. The van der Waals surface area contributed by atoms with E-state index in [1.807, 2.05) is 0 Å². The van der Waals surface area contributed by atoms with Crippen LogP contribution in [0.5, 0.6) is 0 Å². The normalized spacial score (nSPS) is 27.8. The highest BCUT2D eigenvalue weighted by Gasteiger charge is 2.25. The number of aromatic nitrogens is 3. The minimum Gasteiger partial charge on any atom is -0.262 e. The van der Waals surface area contributed by atoms with Crippen molar-refractivity contribution in [2.75, 3.05) is 6.16 Å². The van der Waals surface area contributed by atoms with Crippen LogP contribution in [0.25, 0.3) is 0 Å². The molecule has 1 aromatic rings. The molecule has 1 aliphatic rings. The summed E-state index contributed by atoms with van der Waals surface area (Å²) in [7, 11) is 5.26. The van der Waals surface area contributed by atoms with Gasteiger partial charge in [-0.25, -0.2) is 0 Å². The lowest BCUT2D eigenvalue weighted by molar-refractivity contribution is 0.487. The molecule has 14 heavy (non-hydrogen) atoms. The van der Waals surface area contributed by atoms with Gasteiger partial charge in [0, 0.05) is 0 Å². The Morgan fingerprint density at radius 3 is 3.07 bits per heavy atom. The molecule has 0 amide bonds. The predicted octanol–water partition coefficient (Wildman–Crippen LogP) is 0.740. The molecule has 0 aliphatic heterocycles. The van der Waals surface area contributed by atoms with E-state index in [0.717, 1.165) is 12.8 Å². The van der Waals surface area contributed by atoms with Crippen LogP contribution in [0.1, 0.15) is 30.7 Å². The smallest absolute Gasteiger partial charge is 0.109 e. The molecule has 0 saturated heterocycles. The predicted molar refractivity (Wildman–Crippen MR) is 63.5 cm³/mol. The van der Waals surface area contributed by atoms with Gasteiger partial charge in [0.2, 0.25) is 0 Å². The second-order valence-corrected chi connectivity index (χ2v) is 5.01. The molecule has 5 heteroatoms. The monoisotopic (exact) mass is 209 g/mol. The molecule has 0 bridgehead atoms. The van der Waals surface area contributed by atoms with Gasteiger partial charge in [-0.3, -0.25) is 5.10 Å². The van der Waals surface area contributed by atoms with Crippen LogP contribution in [0, 0.1) is 0 Å². The summed E-state index contributed by atoms with van der Waals surface area (Å²) in [6.45, 7) is 0. The Balaban J connectivity index is 2.13. The molecule has 1 aromatic heterocycles. The lowest BCUT2D eigenvalue weighted by Gasteiger charge is -2.29. The van der Waals surface area contributed by atoms with E-state index in [2.05, 4.69) is 32.5 Å². The molecule has 2 unspecified atom stereocenters. The standard InChI is InChI=1S/C9H17BN3P/c10-9(6-14)4-1-2-7-8(3-5-9)12-13-11-7/h1-6,10,14H2,(H,11,12,13). The van der Waals surface area contributed by atoms with Gasteiger partial charge in [0.1, 0.15) is 7.85 Å². The Hall–Kier alpha value is -0.365. The van der Waals surface area contributed by atoms with Crippen LogP contribution in [0.15, 0.2) is 0 Å². The summed E-state index contributed by atoms with van der Waals surface area (Å²) in [4.78, 5) is 0. The van der Waals surface area contributed by atoms with Crippen molar-refractivity contribution in [2.45, 2.75) is 37.4 Å². The quantitative estimate of drug-likeness (QED) is 0.547. The van der Waals surface area contributed by atoms with E-state index < -0.39 is 0 Å². The van der Waals surface area contributed by atoms with Crippen LogP contribution >= 0.6 is 9.24 Å². The van der Waals surface area contributed by atoms with E-state index in [1.54, 1.807) is 0 Å². The third kappa shape index (κ3) is 2.00. The molecule has 0 aromatic carbocycles. The Morgan fingerprint density at radius 1 is 1.43 bits per heavy atom. The maximum Gasteiger partial charge on any atom is 0.109 e. The maximum absolute atomic E-state index is 4.15. The molecule has 2 rings (SSSR count). The van der Waals surface area contributed by atoms with Gasteiger partial charge in [-0.15, -0.1) is 14.3 Å². The van der Waals surface area contributed by atoms with E-state index in [-0.39, 0.29) is 0 Å². The molecule has 1 aliphatic carbocycles. The van der Waals surface area contributed by atoms with Crippen LogP contribution in [0.2, 0.25) is 5.31 Å². The van der Waals surface area contributed by atoms with Gasteiger partial charge >= 0.3 is 0 Å². The Bertz CT molecular complexity index is 315. The lowest BCUT2D eigenvalue weighted by Crippen LogP contribution is -2.18. The highest BCUT2D eigenvalue weighted by Crippen LogP contribution is 2.37. The van der Waals surface area contributed by atoms with Gasteiger partial charge in [-0.05, 0) is 31.8 Å². The first-order valence-corrected chi connectivity index (χ1v) is 6.14. The summed E-state index contributed by atoms with van der Waals surface area (Å²) in [5.74, 6) is 0. The van der Waals surface area contributed by atoms with Crippen molar-refractivity contribution in [1.29, 1.82) is 0 Å². The number of aromatic amines is 1. The van der Waals surface area contributed by atoms with Gasteiger partial charge in [0.05, 0.1) is 11.4 Å². The summed E-state index contributed by atoms with van der Waals surface area (Å²) in [6.07, 6.45) is 7.19. The molecule has 0 saturated carbocycles. The van der Waals surface area contributed by atoms with Gasteiger partial charge in [0.25, 0.3) is 0 Å². The van der Waals surface area contributed by atoms with Gasteiger partial charge in [0.15, 0.2) is 0 Å². The van der Waals surface area contributed by atoms with Crippen molar-refractivity contribution in [3.05, 3.63) is 11.4 Å². The minimum atomic E-state index is 0.487. The third-order valence-corrected chi connectivity index (χ3v) is 4.35. The van der Waals surface area contributed by atoms with Crippen LogP contribution in [-0.4, -0.2) is 29.4 Å². The van der Waals surface area contributed by atoms with Crippen LogP contribution in [-0.2, 0) is 12.8 Å². The highest BCUT2D eigenvalue weighted by atomic mass is 31.0. The molecular weight excluding hydrogens is 192 g/mol. The Morgan fingerprint density at radius 2 is 2.29 bits per heavy atom. The third-order valence-electron chi connectivity index (χ3n) is 3.37. The fourth-order valence-corrected chi connectivity index (χ4v) is 2.52. The number of hydrogen-bond donors (Lipinski definition) is 1. The summed E-state index contributed by atoms with van der Waals surface area (Å²) in [5.41, 5.74) is 2.45. The first kappa shape index (κ1) is 10.2. The van der Waals surface area contributed by atoms with Crippen molar-refractivity contribution >= 4 is 17.1 Å². The van der Waals surface area contributed by atoms with Crippen molar-refractivity contribution in [2.24, 2.45) is 0 Å². The van der Waals surface area contributed by atoms with Crippen LogP contribution in [0.3, 0.4) is 0 Å². The number of H-pyrrole nitrogens is 1.